The van der Waals surface area contributed by atoms with E-state index in [0.717, 1.165) is 45.3 Å². The van der Waals surface area contributed by atoms with Crippen LogP contribution in [-0.4, -0.2) is 18.1 Å². The number of halogens is 1. The highest BCUT2D eigenvalue weighted by molar-refractivity contribution is 7.19. The molecule has 2 aromatic carbocycles. The summed E-state index contributed by atoms with van der Waals surface area (Å²) < 4.78 is 5.41. The zero-order chi connectivity index (χ0) is 19.8. The summed E-state index contributed by atoms with van der Waals surface area (Å²) in [6, 6.07) is 17.0. The number of hydrogen-bond acceptors (Lipinski definition) is 5. The van der Waals surface area contributed by atoms with Gasteiger partial charge in [0.2, 0.25) is 0 Å². The summed E-state index contributed by atoms with van der Waals surface area (Å²) in [6.07, 6.45) is 3.63. The predicted molar refractivity (Wildman–Crippen MR) is 120 cm³/mol. The molecule has 0 amide bonds. The standard InChI is InChI=1S/C23H19ClN2O2S/c24-16-9-10-19-17(13-16)18(14-20(27)28-19)22-21(15-7-3-1-4-8-15)25-23(29-22)26-11-5-2-6-12-26/h1,3-4,7-10,13-14H,2,5-6,11-12H2. The fraction of sp³-hybridized carbons (Fsp3) is 0.217. The SMILES string of the molecule is O=c1cc(-c2sc(N3CCCCC3)nc2-c2ccccc2)c2cc(Cl)ccc2o1. The van der Waals surface area contributed by atoms with Crippen LogP contribution in [0.4, 0.5) is 5.13 Å². The third kappa shape index (κ3) is 3.56. The maximum atomic E-state index is 12.3. The lowest BCUT2D eigenvalue weighted by Crippen LogP contribution is -2.29. The van der Waals surface area contributed by atoms with Gasteiger partial charge < -0.3 is 9.32 Å². The second-order valence-corrected chi connectivity index (χ2v) is 8.62. The molecule has 146 valence electrons. The summed E-state index contributed by atoms with van der Waals surface area (Å²) in [5.41, 5.74) is 2.90. The molecule has 0 bridgehead atoms. The minimum absolute atomic E-state index is 0.373. The second kappa shape index (κ2) is 7.65. The van der Waals surface area contributed by atoms with Gasteiger partial charge in [-0.3, -0.25) is 0 Å². The molecule has 0 spiro atoms. The van der Waals surface area contributed by atoms with Gasteiger partial charge in [-0.1, -0.05) is 53.3 Å². The van der Waals surface area contributed by atoms with E-state index in [1.165, 1.54) is 19.3 Å². The van der Waals surface area contributed by atoms with Crippen molar-refractivity contribution in [1.82, 2.24) is 4.98 Å². The first-order valence-corrected chi connectivity index (χ1v) is 10.9. The van der Waals surface area contributed by atoms with E-state index < -0.39 is 0 Å². The topological polar surface area (TPSA) is 46.3 Å². The number of piperidine rings is 1. The number of anilines is 1. The molecule has 29 heavy (non-hydrogen) atoms. The summed E-state index contributed by atoms with van der Waals surface area (Å²) in [6.45, 7) is 2.04. The smallest absolute Gasteiger partial charge is 0.336 e. The Kier molecular flexibility index (Phi) is 4.86. The monoisotopic (exact) mass is 422 g/mol. The van der Waals surface area contributed by atoms with E-state index in [9.17, 15) is 4.79 Å². The Morgan fingerprint density at radius 3 is 2.59 bits per heavy atom. The highest BCUT2D eigenvalue weighted by Gasteiger charge is 2.22. The Bertz CT molecular complexity index is 1230. The molecule has 4 aromatic rings. The van der Waals surface area contributed by atoms with E-state index >= 15 is 0 Å². The van der Waals surface area contributed by atoms with Gasteiger partial charge in [-0.05, 0) is 37.5 Å². The minimum Gasteiger partial charge on any atom is -0.423 e. The van der Waals surface area contributed by atoms with Crippen molar-refractivity contribution in [2.45, 2.75) is 19.3 Å². The van der Waals surface area contributed by atoms with Crippen LogP contribution in [0.15, 0.2) is 63.8 Å². The molecule has 0 saturated carbocycles. The van der Waals surface area contributed by atoms with Crippen molar-refractivity contribution in [3.8, 4) is 21.7 Å². The van der Waals surface area contributed by atoms with Crippen molar-refractivity contribution in [2.24, 2.45) is 0 Å². The number of fused-ring (bicyclic) bond motifs is 1. The molecular weight excluding hydrogens is 404 g/mol. The molecule has 1 aliphatic rings. The Morgan fingerprint density at radius 2 is 1.79 bits per heavy atom. The van der Waals surface area contributed by atoms with Crippen molar-refractivity contribution >= 4 is 39.0 Å². The van der Waals surface area contributed by atoms with Crippen molar-refractivity contribution < 1.29 is 4.42 Å². The zero-order valence-electron chi connectivity index (χ0n) is 15.7. The van der Waals surface area contributed by atoms with Crippen molar-refractivity contribution in [2.75, 3.05) is 18.0 Å². The first kappa shape index (κ1) is 18.4. The molecule has 1 aliphatic heterocycles. The lowest BCUT2D eigenvalue weighted by Gasteiger charge is -2.25. The van der Waals surface area contributed by atoms with E-state index in [1.54, 1.807) is 29.5 Å². The maximum absolute atomic E-state index is 12.3. The average molecular weight is 423 g/mol. The van der Waals surface area contributed by atoms with Gasteiger partial charge in [0.25, 0.3) is 0 Å². The summed E-state index contributed by atoms with van der Waals surface area (Å²) in [7, 11) is 0. The molecule has 0 aliphatic carbocycles. The predicted octanol–water partition coefficient (Wildman–Crippen LogP) is 6.23. The van der Waals surface area contributed by atoms with Crippen molar-refractivity contribution in [3.05, 3.63) is 70.0 Å². The van der Waals surface area contributed by atoms with Gasteiger partial charge >= 0.3 is 5.63 Å². The summed E-state index contributed by atoms with van der Waals surface area (Å²) >= 11 is 7.90. The number of nitrogens with zero attached hydrogens (tertiary/aromatic N) is 2. The second-order valence-electron chi connectivity index (χ2n) is 7.21. The van der Waals surface area contributed by atoms with Crippen LogP contribution < -0.4 is 10.5 Å². The number of rotatable bonds is 3. The first-order valence-electron chi connectivity index (χ1n) is 9.74. The van der Waals surface area contributed by atoms with Crippen molar-refractivity contribution in [1.29, 1.82) is 0 Å². The van der Waals surface area contributed by atoms with Crippen LogP contribution >= 0.6 is 22.9 Å². The van der Waals surface area contributed by atoms with E-state index in [4.69, 9.17) is 21.0 Å². The molecule has 0 N–H and O–H groups in total. The van der Waals surface area contributed by atoms with E-state index in [1.807, 2.05) is 24.3 Å². The molecular formula is C23H19ClN2O2S. The molecule has 0 unspecified atom stereocenters. The van der Waals surface area contributed by atoms with Gasteiger partial charge in [0.1, 0.15) is 5.58 Å². The van der Waals surface area contributed by atoms with Crippen LogP contribution in [0.25, 0.3) is 32.7 Å². The third-order valence-electron chi connectivity index (χ3n) is 5.24. The summed E-state index contributed by atoms with van der Waals surface area (Å²) in [5.74, 6) is 0. The fourth-order valence-electron chi connectivity index (χ4n) is 3.83. The van der Waals surface area contributed by atoms with E-state index in [2.05, 4.69) is 17.0 Å². The number of thiazole rings is 1. The quantitative estimate of drug-likeness (QED) is 0.367. The normalized spacial score (nSPS) is 14.4. The number of hydrogen-bond donors (Lipinski definition) is 0. The maximum Gasteiger partial charge on any atom is 0.336 e. The highest BCUT2D eigenvalue weighted by atomic mass is 35.5. The molecule has 0 radical (unpaired) electrons. The minimum atomic E-state index is -0.373. The van der Waals surface area contributed by atoms with Crippen LogP contribution in [0, 0.1) is 0 Å². The number of benzene rings is 2. The molecule has 1 saturated heterocycles. The van der Waals surface area contributed by atoms with Crippen LogP contribution in [0.1, 0.15) is 19.3 Å². The van der Waals surface area contributed by atoms with Gasteiger partial charge in [0, 0.05) is 40.7 Å². The Labute approximate surface area is 177 Å². The largest absolute Gasteiger partial charge is 0.423 e. The van der Waals surface area contributed by atoms with Crippen LogP contribution in [-0.2, 0) is 0 Å². The molecule has 5 rings (SSSR count). The van der Waals surface area contributed by atoms with Gasteiger partial charge in [-0.25, -0.2) is 9.78 Å². The van der Waals surface area contributed by atoms with Gasteiger partial charge in [-0.2, -0.15) is 0 Å². The molecule has 0 atom stereocenters. The Morgan fingerprint density at radius 1 is 1.00 bits per heavy atom. The van der Waals surface area contributed by atoms with E-state index in [0.29, 0.717) is 10.6 Å². The Balaban J connectivity index is 1.76. The summed E-state index contributed by atoms with van der Waals surface area (Å²) in [5, 5.41) is 2.43. The molecule has 2 aromatic heterocycles. The third-order valence-corrected chi connectivity index (χ3v) is 6.62. The fourth-order valence-corrected chi connectivity index (χ4v) is 5.17. The van der Waals surface area contributed by atoms with Crippen LogP contribution in [0.2, 0.25) is 5.02 Å². The van der Waals surface area contributed by atoms with Crippen LogP contribution in [0.5, 0.6) is 0 Å². The van der Waals surface area contributed by atoms with E-state index in [-0.39, 0.29) is 5.63 Å². The zero-order valence-corrected chi connectivity index (χ0v) is 17.3. The Hall–Kier alpha value is -2.63. The van der Waals surface area contributed by atoms with Crippen molar-refractivity contribution in [3.63, 3.8) is 0 Å². The van der Waals surface area contributed by atoms with Crippen LogP contribution in [0.3, 0.4) is 0 Å². The molecule has 4 nitrogen and oxygen atoms in total. The average Bonchev–Trinajstić information content (AvgIpc) is 3.20. The molecule has 1 fully saturated rings. The highest BCUT2D eigenvalue weighted by Crippen LogP contribution is 2.43. The summed E-state index contributed by atoms with van der Waals surface area (Å²) in [4.78, 5) is 20.6. The first-order chi connectivity index (χ1) is 14.2. The van der Waals surface area contributed by atoms with Gasteiger partial charge in [0.05, 0.1) is 10.6 Å². The molecule has 3 heterocycles. The molecule has 6 heteroatoms. The lowest BCUT2D eigenvalue weighted by atomic mass is 10.0. The lowest BCUT2D eigenvalue weighted by molar-refractivity contribution is 0.561. The van der Waals surface area contributed by atoms with Gasteiger partial charge in [0.15, 0.2) is 5.13 Å². The number of aromatic nitrogens is 1. The van der Waals surface area contributed by atoms with Gasteiger partial charge in [-0.15, -0.1) is 0 Å².